The molecule has 0 saturated heterocycles. The van der Waals surface area contributed by atoms with Gasteiger partial charge in [0, 0.05) is 12.4 Å². The minimum absolute atomic E-state index is 0.599. The highest BCUT2D eigenvalue weighted by atomic mass is 16.5. The number of nitrogens with zero attached hydrogens (tertiary/aromatic N) is 2. The topological polar surface area (TPSA) is 75.6 Å². The Balaban J connectivity index is 2.60. The van der Waals surface area contributed by atoms with Crippen LogP contribution in [0.5, 0.6) is 0 Å². The van der Waals surface area contributed by atoms with E-state index in [2.05, 4.69) is 4.98 Å². The lowest BCUT2D eigenvalue weighted by Gasteiger charge is -2.11. The average Bonchev–Trinajstić information content (AvgIpc) is 2.63. The number of hydroxylamine groups is 1. The van der Waals surface area contributed by atoms with Gasteiger partial charge >= 0.3 is 0 Å². The highest BCUT2D eigenvalue weighted by molar-refractivity contribution is 5.40. The normalized spacial score (nSPS) is 13.4. The molecule has 0 amide bonds. The molecule has 0 bridgehead atoms. The van der Waals surface area contributed by atoms with Crippen molar-refractivity contribution in [2.75, 3.05) is 0 Å². The van der Waals surface area contributed by atoms with Crippen LogP contribution >= 0.6 is 0 Å². The van der Waals surface area contributed by atoms with E-state index in [4.69, 9.17) is 10.9 Å². The van der Waals surface area contributed by atoms with Gasteiger partial charge in [-0.25, -0.2) is 4.98 Å². The Kier molecular flexibility index (Phi) is 1.97. The van der Waals surface area contributed by atoms with Gasteiger partial charge in [0.05, 0.1) is 5.69 Å². The monoisotopic (exact) mass is 178 g/mol. The molecule has 0 aliphatic heterocycles. The lowest BCUT2D eigenvalue weighted by Crippen LogP contribution is -2.27. The molecule has 2 aromatic heterocycles. The molecule has 13 heavy (non-hydrogen) atoms. The Morgan fingerprint density at radius 2 is 2.38 bits per heavy atom. The zero-order chi connectivity index (χ0) is 9.26. The highest BCUT2D eigenvalue weighted by Crippen LogP contribution is 2.09. The fourth-order valence-electron chi connectivity index (χ4n) is 1.29. The summed E-state index contributed by atoms with van der Waals surface area (Å²) >= 11 is 0. The van der Waals surface area contributed by atoms with E-state index in [0.29, 0.717) is 0 Å². The zero-order valence-electron chi connectivity index (χ0n) is 6.88. The Morgan fingerprint density at radius 3 is 3.15 bits per heavy atom. The predicted molar refractivity (Wildman–Crippen MR) is 47.0 cm³/mol. The summed E-state index contributed by atoms with van der Waals surface area (Å²) in [6.45, 7) is 0. The second-order valence-corrected chi connectivity index (χ2v) is 2.71. The summed E-state index contributed by atoms with van der Waals surface area (Å²) in [5, 5.41) is 8.68. The third kappa shape index (κ3) is 1.29. The molecule has 4 N–H and O–H groups in total. The van der Waals surface area contributed by atoms with Crippen LogP contribution in [-0.4, -0.2) is 14.6 Å². The lowest BCUT2D eigenvalue weighted by molar-refractivity contribution is 0.126. The van der Waals surface area contributed by atoms with Crippen molar-refractivity contribution < 1.29 is 5.21 Å². The summed E-state index contributed by atoms with van der Waals surface area (Å²) in [5.74, 6) is 0. The molecule has 68 valence electrons. The summed E-state index contributed by atoms with van der Waals surface area (Å²) < 4.78 is 1.81. The van der Waals surface area contributed by atoms with E-state index in [1.54, 1.807) is 12.4 Å². The van der Waals surface area contributed by atoms with E-state index in [9.17, 15) is 0 Å². The summed E-state index contributed by atoms with van der Waals surface area (Å²) in [5.41, 5.74) is 9.17. The van der Waals surface area contributed by atoms with Crippen LogP contribution in [0, 0.1) is 0 Å². The van der Waals surface area contributed by atoms with Crippen molar-refractivity contribution in [3.8, 4) is 0 Å². The Hall–Kier alpha value is -1.43. The van der Waals surface area contributed by atoms with Gasteiger partial charge in [0.25, 0.3) is 0 Å². The Labute approximate surface area is 74.8 Å². The Morgan fingerprint density at radius 1 is 1.54 bits per heavy atom. The van der Waals surface area contributed by atoms with Crippen LogP contribution in [0.3, 0.4) is 0 Å². The van der Waals surface area contributed by atoms with Crippen LogP contribution in [0.1, 0.15) is 11.9 Å². The fraction of sp³-hybridized carbons (Fsp3) is 0.125. The first-order valence-corrected chi connectivity index (χ1v) is 3.90. The molecule has 2 aromatic rings. The molecule has 0 radical (unpaired) electrons. The van der Waals surface area contributed by atoms with Gasteiger partial charge in [-0.2, -0.15) is 5.48 Å². The molecule has 0 aromatic carbocycles. The first-order chi connectivity index (χ1) is 6.33. The van der Waals surface area contributed by atoms with E-state index in [0.717, 1.165) is 11.3 Å². The van der Waals surface area contributed by atoms with Crippen molar-refractivity contribution >= 4 is 5.65 Å². The van der Waals surface area contributed by atoms with Crippen LogP contribution in [0.15, 0.2) is 30.6 Å². The van der Waals surface area contributed by atoms with E-state index < -0.39 is 6.17 Å². The van der Waals surface area contributed by atoms with Gasteiger partial charge in [0.2, 0.25) is 0 Å². The maximum Gasteiger partial charge on any atom is 0.136 e. The third-order valence-corrected chi connectivity index (χ3v) is 1.92. The van der Waals surface area contributed by atoms with Crippen LogP contribution in [-0.2, 0) is 0 Å². The van der Waals surface area contributed by atoms with Gasteiger partial charge in [-0.15, -0.1) is 0 Å². The van der Waals surface area contributed by atoms with E-state index in [1.807, 2.05) is 28.1 Å². The second-order valence-electron chi connectivity index (χ2n) is 2.71. The molecule has 1 unspecified atom stereocenters. The molecule has 1 atom stereocenters. The minimum atomic E-state index is -0.599. The SMILES string of the molecule is NC(NO)c1cccc2nccn12. The van der Waals surface area contributed by atoms with Crippen LogP contribution < -0.4 is 11.2 Å². The number of aromatic nitrogens is 2. The molecule has 2 heterocycles. The summed E-state index contributed by atoms with van der Waals surface area (Å²) in [7, 11) is 0. The van der Waals surface area contributed by atoms with Crippen molar-refractivity contribution in [3.05, 3.63) is 36.3 Å². The summed E-state index contributed by atoms with van der Waals surface area (Å²) in [6.07, 6.45) is 2.88. The molecular formula is C8H10N4O. The number of rotatable bonds is 2. The first kappa shape index (κ1) is 8.18. The van der Waals surface area contributed by atoms with Crippen LogP contribution in [0.25, 0.3) is 5.65 Å². The molecule has 5 heteroatoms. The van der Waals surface area contributed by atoms with Crippen LogP contribution in [0.4, 0.5) is 0 Å². The zero-order valence-corrected chi connectivity index (χ0v) is 6.88. The van der Waals surface area contributed by atoms with E-state index in [1.165, 1.54) is 0 Å². The molecule has 0 spiro atoms. The van der Waals surface area contributed by atoms with Crippen molar-refractivity contribution in [1.82, 2.24) is 14.9 Å². The third-order valence-electron chi connectivity index (χ3n) is 1.92. The average molecular weight is 178 g/mol. The van der Waals surface area contributed by atoms with Crippen molar-refractivity contribution in [3.63, 3.8) is 0 Å². The van der Waals surface area contributed by atoms with E-state index >= 15 is 0 Å². The standard InChI is InChI=1S/C8H10N4O/c9-8(11-13)6-2-1-3-7-10-4-5-12(6)7/h1-5,8,11,13H,9H2. The number of pyridine rings is 1. The van der Waals surface area contributed by atoms with Gasteiger partial charge in [0.15, 0.2) is 0 Å². The molecule has 0 aliphatic rings. The van der Waals surface area contributed by atoms with Crippen molar-refractivity contribution in [2.45, 2.75) is 6.17 Å². The Bertz CT molecular complexity index is 411. The quantitative estimate of drug-likeness (QED) is 0.455. The van der Waals surface area contributed by atoms with Gasteiger partial charge in [0.1, 0.15) is 11.8 Å². The molecular weight excluding hydrogens is 168 g/mol. The smallest absolute Gasteiger partial charge is 0.136 e. The number of fused-ring (bicyclic) bond motifs is 1. The minimum Gasteiger partial charge on any atom is -0.315 e. The molecule has 0 fully saturated rings. The molecule has 2 rings (SSSR count). The maximum atomic E-state index is 8.68. The van der Waals surface area contributed by atoms with Crippen LogP contribution in [0.2, 0.25) is 0 Å². The first-order valence-electron chi connectivity index (χ1n) is 3.90. The largest absolute Gasteiger partial charge is 0.315 e. The number of hydrogen-bond donors (Lipinski definition) is 3. The number of hydrogen-bond acceptors (Lipinski definition) is 4. The number of nitrogens with one attached hydrogen (secondary N) is 1. The van der Waals surface area contributed by atoms with Gasteiger partial charge < -0.3 is 15.3 Å². The fourth-order valence-corrected chi connectivity index (χ4v) is 1.29. The predicted octanol–water partition coefficient (Wildman–Crippen LogP) is 0.270. The molecule has 0 saturated carbocycles. The maximum absolute atomic E-state index is 8.68. The molecule has 0 aliphatic carbocycles. The second kappa shape index (κ2) is 3.14. The van der Waals surface area contributed by atoms with Crippen molar-refractivity contribution in [2.24, 2.45) is 5.73 Å². The van der Waals surface area contributed by atoms with Crippen molar-refractivity contribution in [1.29, 1.82) is 0 Å². The number of nitrogens with two attached hydrogens (primary N) is 1. The molecule has 5 nitrogen and oxygen atoms in total. The van der Waals surface area contributed by atoms with Gasteiger partial charge in [-0.1, -0.05) is 6.07 Å². The van der Waals surface area contributed by atoms with Gasteiger partial charge in [-0.05, 0) is 12.1 Å². The van der Waals surface area contributed by atoms with Gasteiger partial charge in [-0.3, -0.25) is 0 Å². The summed E-state index contributed by atoms with van der Waals surface area (Å²) in [6, 6.07) is 5.53. The van der Waals surface area contributed by atoms with E-state index in [-0.39, 0.29) is 0 Å². The lowest BCUT2D eigenvalue weighted by atomic mass is 10.3. The highest BCUT2D eigenvalue weighted by Gasteiger charge is 2.07. The number of imidazole rings is 1. The summed E-state index contributed by atoms with van der Waals surface area (Å²) in [4.78, 5) is 4.09.